The molecule has 0 unspecified atom stereocenters. The molecule has 0 atom stereocenters. The number of aryl methyl sites for hydroxylation is 1. The van der Waals surface area contributed by atoms with Crippen LogP contribution in [0.15, 0.2) is 69.8 Å². The van der Waals surface area contributed by atoms with Gasteiger partial charge >= 0.3 is 5.97 Å². The van der Waals surface area contributed by atoms with Crippen molar-refractivity contribution in [3.63, 3.8) is 0 Å². The lowest BCUT2D eigenvalue weighted by molar-refractivity contribution is -0.384. The fourth-order valence-corrected chi connectivity index (χ4v) is 4.19. The van der Waals surface area contributed by atoms with Crippen molar-refractivity contribution in [1.29, 1.82) is 0 Å². The van der Waals surface area contributed by atoms with Gasteiger partial charge in [-0.2, -0.15) is 0 Å². The van der Waals surface area contributed by atoms with E-state index in [0.29, 0.717) is 28.1 Å². The van der Waals surface area contributed by atoms with Crippen LogP contribution in [0.5, 0.6) is 11.5 Å². The quantitative estimate of drug-likeness (QED) is 0.147. The van der Waals surface area contributed by atoms with E-state index in [-0.39, 0.29) is 27.9 Å². The van der Waals surface area contributed by atoms with E-state index in [1.54, 1.807) is 12.1 Å². The lowest BCUT2D eigenvalue weighted by Gasteiger charge is -2.14. The Bertz CT molecular complexity index is 1400. The third-order valence-electron chi connectivity index (χ3n) is 5.20. The van der Waals surface area contributed by atoms with Gasteiger partial charge in [-0.05, 0) is 63.8 Å². The van der Waals surface area contributed by atoms with Gasteiger partial charge in [0.05, 0.1) is 27.1 Å². The van der Waals surface area contributed by atoms with Crippen molar-refractivity contribution >= 4 is 51.2 Å². The Labute approximate surface area is 214 Å². The molecule has 0 amide bonds. The van der Waals surface area contributed by atoms with E-state index >= 15 is 0 Å². The van der Waals surface area contributed by atoms with Gasteiger partial charge in [0, 0.05) is 12.1 Å². The summed E-state index contributed by atoms with van der Waals surface area (Å²) in [6.45, 7) is 2.37. The topological polar surface area (TPSA) is 100 Å². The Kier molecular flexibility index (Phi) is 7.18. The molecule has 1 aliphatic rings. The Morgan fingerprint density at radius 3 is 2.66 bits per heavy atom. The number of benzene rings is 3. The first-order valence-electron chi connectivity index (χ1n) is 10.3. The molecule has 1 heterocycles. The molecule has 0 spiro atoms. The van der Waals surface area contributed by atoms with Crippen LogP contribution in [0.1, 0.15) is 22.3 Å². The van der Waals surface area contributed by atoms with Crippen molar-refractivity contribution in [3.05, 3.63) is 102 Å². The summed E-state index contributed by atoms with van der Waals surface area (Å²) in [7, 11) is 1.52. The molecule has 10 heteroatoms. The van der Waals surface area contributed by atoms with Gasteiger partial charge in [0.15, 0.2) is 17.2 Å². The van der Waals surface area contributed by atoms with Crippen LogP contribution < -0.4 is 9.47 Å². The lowest BCUT2D eigenvalue weighted by atomic mass is 10.1. The standard InChI is InChI=1S/C25H18BrClN2O6/c1-14-5-3-4-6-16(14)13-34-23-19(26)9-15(11-22(23)33-2)10-21-25(30)35-24(28-21)18-8-7-17(29(31)32)12-20(18)27/h3-12H,13H2,1-2H3/b21-10-. The SMILES string of the molecule is COc1cc(/C=C2\N=C(c3ccc([N+](=O)[O-])cc3Cl)OC2=O)cc(Br)c1OCc1ccccc1C. The molecule has 0 saturated carbocycles. The predicted molar refractivity (Wildman–Crippen MR) is 135 cm³/mol. The first-order chi connectivity index (χ1) is 16.8. The van der Waals surface area contributed by atoms with E-state index in [0.717, 1.165) is 11.1 Å². The van der Waals surface area contributed by atoms with Crippen molar-refractivity contribution in [2.75, 3.05) is 7.11 Å². The Morgan fingerprint density at radius 2 is 1.97 bits per heavy atom. The summed E-state index contributed by atoms with van der Waals surface area (Å²) in [6, 6.07) is 15.2. The maximum Gasteiger partial charge on any atom is 0.363 e. The van der Waals surface area contributed by atoms with E-state index in [4.69, 9.17) is 25.8 Å². The predicted octanol–water partition coefficient (Wildman–Crippen LogP) is 6.25. The van der Waals surface area contributed by atoms with Crippen molar-refractivity contribution in [2.45, 2.75) is 13.5 Å². The van der Waals surface area contributed by atoms with E-state index in [2.05, 4.69) is 20.9 Å². The van der Waals surface area contributed by atoms with Gasteiger partial charge in [-0.1, -0.05) is 35.9 Å². The number of hydrogen-bond acceptors (Lipinski definition) is 7. The molecule has 0 bridgehead atoms. The van der Waals surface area contributed by atoms with Crippen molar-refractivity contribution in [2.24, 2.45) is 4.99 Å². The maximum absolute atomic E-state index is 12.4. The normalized spacial score (nSPS) is 14.0. The van der Waals surface area contributed by atoms with Crippen molar-refractivity contribution < 1.29 is 23.9 Å². The van der Waals surface area contributed by atoms with Gasteiger partial charge in [0.2, 0.25) is 5.90 Å². The van der Waals surface area contributed by atoms with Gasteiger partial charge in [-0.3, -0.25) is 10.1 Å². The number of non-ortho nitro benzene ring substituents is 1. The van der Waals surface area contributed by atoms with Gasteiger partial charge in [0.25, 0.3) is 5.69 Å². The summed E-state index contributed by atoms with van der Waals surface area (Å²) < 4.78 is 17.4. The molecule has 178 valence electrons. The van der Waals surface area contributed by atoms with Crippen LogP contribution in [0.2, 0.25) is 5.02 Å². The number of hydrogen-bond donors (Lipinski definition) is 0. The summed E-state index contributed by atoms with van der Waals surface area (Å²) in [4.78, 5) is 27.0. The van der Waals surface area contributed by atoms with Gasteiger partial charge in [-0.25, -0.2) is 9.79 Å². The van der Waals surface area contributed by atoms with Crippen LogP contribution in [0.25, 0.3) is 6.08 Å². The summed E-state index contributed by atoms with van der Waals surface area (Å²) in [5, 5.41) is 11.0. The van der Waals surface area contributed by atoms with E-state index in [1.807, 2.05) is 31.2 Å². The average Bonchev–Trinajstić information content (AvgIpc) is 3.18. The fourth-order valence-electron chi connectivity index (χ4n) is 3.36. The molecule has 0 saturated heterocycles. The molecule has 35 heavy (non-hydrogen) atoms. The largest absolute Gasteiger partial charge is 0.493 e. The highest BCUT2D eigenvalue weighted by molar-refractivity contribution is 9.10. The zero-order chi connectivity index (χ0) is 25.1. The number of carbonyl (C=O) groups is 1. The van der Waals surface area contributed by atoms with E-state index in [9.17, 15) is 14.9 Å². The number of nitro groups is 1. The zero-order valence-electron chi connectivity index (χ0n) is 18.6. The third kappa shape index (κ3) is 5.36. The minimum absolute atomic E-state index is 0.0367. The maximum atomic E-state index is 12.4. The van der Waals surface area contributed by atoms with E-state index < -0.39 is 10.9 Å². The van der Waals surface area contributed by atoms with Gasteiger partial charge in [0.1, 0.15) is 6.61 Å². The first kappa shape index (κ1) is 24.4. The average molecular weight is 558 g/mol. The number of methoxy groups -OCH3 is 1. The highest BCUT2D eigenvalue weighted by Gasteiger charge is 2.27. The molecule has 1 aliphatic heterocycles. The molecule has 4 rings (SSSR count). The number of carbonyl (C=O) groups excluding carboxylic acids is 1. The molecule has 3 aromatic rings. The molecular formula is C25H18BrClN2O6. The smallest absolute Gasteiger partial charge is 0.363 e. The Balaban J connectivity index is 1.61. The lowest BCUT2D eigenvalue weighted by Crippen LogP contribution is -2.06. The third-order valence-corrected chi connectivity index (χ3v) is 6.10. The number of halogens is 2. The number of esters is 1. The highest BCUT2D eigenvalue weighted by atomic mass is 79.9. The van der Waals surface area contributed by atoms with E-state index in [1.165, 1.54) is 31.4 Å². The molecule has 0 aliphatic carbocycles. The summed E-state index contributed by atoms with van der Waals surface area (Å²) in [5.41, 5.74) is 2.91. The van der Waals surface area contributed by atoms with Crippen LogP contribution in [0.4, 0.5) is 5.69 Å². The van der Waals surface area contributed by atoms with Crippen LogP contribution in [-0.2, 0) is 16.1 Å². The molecule has 3 aromatic carbocycles. The van der Waals surface area contributed by atoms with Crippen LogP contribution in [0, 0.1) is 17.0 Å². The number of aliphatic imine (C=N–C) groups is 1. The van der Waals surface area contributed by atoms with Crippen molar-refractivity contribution in [3.8, 4) is 11.5 Å². The number of nitrogens with zero attached hydrogens (tertiary/aromatic N) is 2. The number of rotatable bonds is 7. The molecule has 0 fully saturated rings. The summed E-state index contributed by atoms with van der Waals surface area (Å²) >= 11 is 9.65. The highest BCUT2D eigenvalue weighted by Crippen LogP contribution is 2.38. The number of nitro benzene ring substituents is 1. The van der Waals surface area contributed by atoms with Crippen molar-refractivity contribution in [1.82, 2.24) is 0 Å². The van der Waals surface area contributed by atoms with Gasteiger partial charge in [-0.15, -0.1) is 0 Å². The molecule has 0 N–H and O–H groups in total. The summed E-state index contributed by atoms with van der Waals surface area (Å²) in [6.07, 6.45) is 1.53. The van der Waals surface area contributed by atoms with Gasteiger partial charge < -0.3 is 14.2 Å². The molecule has 8 nitrogen and oxygen atoms in total. The minimum atomic E-state index is -0.676. The van der Waals surface area contributed by atoms with Crippen LogP contribution in [0.3, 0.4) is 0 Å². The monoisotopic (exact) mass is 556 g/mol. The second-order valence-corrected chi connectivity index (χ2v) is 8.77. The zero-order valence-corrected chi connectivity index (χ0v) is 20.9. The second-order valence-electron chi connectivity index (χ2n) is 7.51. The number of ether oxygens (including phenoxy) is 3. The number of cyclic esters (lactones) is 1. The fraction of sp³-hybridized carbons (Fsp3) is 0.120. The van der Waals surface area contributed by atoms with Crippen LogP contribution >= 0.6 is 27.5 Å². The molecule has 0 aromatic heterocycles. The minimum Gasteiger partial charge on any atom is -0.493 e. The van der Waals surface area contributed by atoms with Crippen LogP contribution in [-0.4, -0.2) is 23.9 Å². The molecule has 0 radical (unpaired) electrons. The Hall–Kier alpha value is -3.69. The second kappa shape index (κ2) is 10.3. The Morgan fingerprint density at radius 1 is 1.20 bits per heavy atom. The first-order valence-corrected chi connectivity index (χ1v) is 11.5. The molecular weight excluding hydrogens is 540 g/mol. The summed E-state index contributed by atoms with van der Waals surface area (Å²) in [5.74, 6) is 0.275.